The van der Waals surface area contributed by atoms with Gasteiger partial charge in [0, 0.05) is 21.9 Å². The summed E-state index contributed by atoms with van der Waals surface area (Å²) < 4.78 is 11.9. The maximum Gasteiger partial charge on any atom is 0.127 e. The molecule has 0 aliphatic rings. The van der Waals surface area contributed by atoms with E-state index in [1.165, 1.54) is 44.2 Å². The quantitative estimate of drug-likeness (QED) is 0.276. The van der Waals surface area contributed by atoms with Crippen LogP contribution < -0.4 is 9.47 Å². The third-order valence-electron chi connectivity index (χ3n) is 6.32. The van der Waals surface area contributed by atoms with Crippen LogP contribution in [0.2, 0.25) is 0 Å². The Hall–Kier alpha value is -3.78. The van der Waals surface area contributed by atoms with E-state index >= 15 is 0 Å². The molecule has 5 aromatic carbocycles. The second-order valence-electron chi connectivity index (χ2n) is 8.15. The summed E-state index contributed by atoms with van der Waals surface area (Å²) in [5.41, 5.74) is 7.20. The van der Waals surface area contributed by atoms with Crippen molar-refractivity contribution in [1.82, 2.24) is 0 Å². The fourth-order valence-corrected chi connectivity index (χ4v) is 4.89. The van der Waals surface area contributed by atoms with Crippen molar-refractivity contribution < 1.29 is 9.47 Å². The van der Waals surface area contributed by atoms with Crippen LogP contribution in [0.1, 0.15) is 11.1 Å². The molecule has 0 unspecified atom stereocenters. The highest BCUT2D eigenvalue weighted by Crippen LogP contribution is 2.51. The maximum absolute atomic E-state index is 5.94. The lowest BCUT2D eigenvalue weighted by Crippen LogP contribution is -1.98. The van der Waals surface area contributed by atoms with Crippen LogP contribution in [0.25, 0.3) is 43.8 Å². The molecule has 0 aliphatic heterocycles. The van der Waals surface area contributed by atoms with E-state index in [9.17, 15) is 0 Å². The van der Waals surface area contributed by atoms with Crippen molar-refractivity contribution in [3.63, 3.8) is 0 Å². The molecule has 0 fully saturated rings. The van der Waals surface area contributed by atoms with Crippen LogP contribution in [0.3, 0.4) is 0 Å². The number of rotatable bonds is 4. The smallest absolute Gasteiger partial charge is 0.127 e. The van der Waals surface area contributed by atoms with Gasteiger partial charge in [-0.15, -0.1) is 0 Å². The predicted octanol–water partition coefficient (Wildman–Crippen LogP) is 7.96. The van der Waals surface area contributed by atoms with E-state index in [-0.39, 0.29) is 0 Å². The van der Waals surface area contributed by atoms with Crippen molar-refractivity contribution in [1.29, 1.82) is 0 Å². The monoisotopic (exact) mass is 418 g/mol. The van der Waals surface area contributed by atoms with Crippen LogP contribution in [-0.2, 0) is 0 Å². The molecule has 32 heavy (non-hydrogen) atoms. The van der Waals surface area contributed by atoms with Gasteiger partial charge in [-0.25, -0.2) is 0 Å². The van der Waals surface area contributed by atoms with Crippen LogP contribution in [0.5, 0.6) is 11.5 Å². The summed E-state index contributed by atoms with van der Waals surface area (Å²) in [5.74, 6) is 1.69. The van der Waals surface area contributed by atoms with Crippen molar-refractivity contribution in [3.05, 3.63) is 96.1 Å². The number of aryl methyl sites for hydroxylation is 2. The second-order valence-corrected chi connectivity index (χ2v) is 8.15. The number of hydrogen-bond donors (Lipinski definition) is 0. The number of hydrogen-bond acceptors (Lipinski definition) is 2. The van der Waals surface area contributed by atoms with Crippen LogP contribution >= 0.6 is 0 Å². The van der Waals surface area contributed by atoms with Gasteiger partial charge in [0.05, 0.1) is 14.2 Å². The Kier molecular flexibility index (Phi) is 5.07. The van der Waals surface area contributed by atoms with Crippen LogP contribution in [0.4, 0.5) is 0 Å². The molecule has 2 heteroatoms. The van der Waals surface area contributed by atoms with Crippen molar-refractivity contribution in [2.45, 2.75) is 13.8 Å². The molecule has 0 aliphatic carbocycles. The van der Waals surface area contributed by atoms with E-state index in [1.54, 1.807) is 14.2 Å². The number of benzene rings is 5. The number of methoxy groups -OCH3 is 2. The second kappa shape index (κ2) is 8.05. The number of fused-ring (bicyclic) bond motifs is 2. The van der Waals surface area contributed by atoms with Gasteiger partial charge in [-0.05, 0) is 59.0 Å². The zero-order chi connectivity index (χ0) is 22.2. The first-order valence-corrected chi connectivity index (χ1v) is 10.9. The fraction of sp³-hybridized carbons (Fsp3) is 0.133. The molecule has 0 aromatic heterocycles. The van der Waals surface area contributed by atoms with Gasteiger partial charge in [-0.3, -0.25) is 0 Å². The lowest BCUT2D eigenvalue weighted by atomic mass is 9.82. The third kappa shape index (κ3) is 3.03. The third-order valence-corrected chi connectivity index (χ3v) is 6.32. The summed E-state index contributed by atoms with van der Waals surface area (Å²) in [6, 6.07) is 29.7. The van der Waals surface area contributed by atoms with Gasteiger partial charge in [-0.1, -0.05) is 72.8 Å². The predicted molar refractivity (Wildman–Crippen MR) is 135 cm³/mol. The van der Waals surface area contributed by atoms with E-state index in [4.69, 9.17) is 9.47 Å². The lowest BCUT2D eigenvalue weighted by Gasteiger charge is -2.23. The molecule has 0 radical (unpaired) electrons. The fourth-order valence-electron chi connectivity index (χ4n) is 4.89. The molecule has 2 nitrogen and oxygen atoms in total. The summed E-state index contributed by atoms with van der Waals surface area (Å²) in [7, 11) is 3.48. The molecule has 0 saturated carbocycles. The van der Waals surface area contributed by atoms with Crippen molar-refractivity contribution in [2.75, 3.05) is 14.2 Å². The van der Waals surface area contributed by atoms with Crippen LogP contribution in [-0.4, -0.2) is 14.2 Å². The molecular formula is C30H26O2. The Morgan fingerprint density at radius 1 is 0.438 bits per heavy atom. The Bertz CT molecular complexity index is 1320. The summed E-state index contributed by atoms with van der Waals surface area (Å²) in [6.45, 7) is 4.39. The van der Waals surface area contributed by atoms with Gasteiger partial charge < -0.3 is 9.47 Å². The van der Waals surface area contributed by atoms with Gasteiger partial charge in [0.25, 0.3) is 0 Å². The molecule has 5 rings (SSSR count). The summed E-state index contributed by atoms with van der Waals surface area (Å²) in [5, 5.41) is 4.68. The normalized spacial score (nSPS) is 11.1. The summed E-state index contributed by atoms with van der Waals surface area (Å²) >= 11 is 0. The van der Waals surface area contributed by atoms with Crippen molar-refractivity contribution in [3.8, 4) is 33.8 Å². The standard InChI is InChI=1S/C30H26O2/c1-19-15-16-20(2)26-25(19)27(21-11-7-5-8-12-21)29-23(31-3)17-18-24(32-4)30(29)28(26)22-13-9-6-10-14-22/h5-18H,1-4H3. The Balaban J connectivity index is 2.18. The van der Waals surface area contributed by atoms with Gasteiger partial charge >= 0.3 is 0 Å². The van der Waals surface area contributed by atoms with E-state index in [0.717, 1.165) is 22.3 Å². The molecule has 5 aromatic rings. The molecule has 0 spiro atoms. The summed E-state index contributed by atoms with van der Waals surface area (Å²) in [6.07, 6.45) is 0. The molecular weight excluding hydrogens is 392 g/mol. The lowest BCUT2D eigenvalue weighted by molar-refractivity contribution is 0.410. The molecule has 0 bridgehead atoms. The SMILES string of the molecule is COc1ccc(OC)c2c(-c3ccccc3)c3c(C)ccc(C)c3c(-c3ccccc3)c12. The molecule has 0 heterocycles. The summed E-state index contributed by atoms with van der Waals surface area (Å²) in [4.78, 5) is 0. The Morgan fingerprint density at radius 3 is 1.16 bits per heavy atom. The highest BCUT2D eigenvalue weighted by molar-refractivity contribution is 6.25. The number of ether oxygens (including phenoxy) is 2. The average Bonchev–Trinajstić information content (AvgIpc) is 2.85. The zero-order valence-electron chi connectivity index (χ0n) is 18.9. The maximum atomic E-state index is 5.94. The first kappa shape index (κ1) is 20.1. The van der Waals surface area contributed by atoms with Crippen LogP contribution in [0.15, 0.2) is 84.9 Å². The molecule has 0 atom stereocenters. The van der Waals surface area contributed by atoms with E-state index in [1.807, 2.05) is 12.1 Å². The van der Waals surface area contributed by atoms with Gasteiger partial charge in [0.2, 0.25) is 0 Å². The first-order valence-electron chi connectivity index (χ1n) is 10.9. The highest BCUT2D eigenvalue weighted by Gasteiger charge is 2.24. The van der Waals surface area contributed by atoms with Crippen LogP contribution in [0, 0.1) is 13.8 Å². The minimum absolute atomic E-state index is 0.847. The Labute approximate surface area is 189 Å². The van der Waals surface area contributed by atoms with Gasteiger partial charge in [-0.2, -0.15) is 0 Å². The zero-order valence-corrected chi connectivity index (χ0v) is 18.9. The van der Waals surface area contributed by atoms with Crippen molar-refractivity contribution in [2.24, 2.45) is 0 Å². The van der Waals surface area contributed by atoms with Gasteiger partial charge in [0.15, 0.2) is 0 Å². The van der Waals surface area contributed by atoms with Gasteiger partial charge in [0.1, 0.15) is 11.5 Å². The van der Waals surface area contributed by atoms with Crippen molar-refractivity contribution >= 4 is 21.5 Å². The molecule has 0 saturated heterocycles. The minimum Gasteiger partial charge on any atom is -0.496 e. The largest absolute Gasteiger partial charge is 0.496 e. The van der Waals surface area contributed by atoms with E-state index in [0.29, 0.717) is 0 Å². The molecule has 0 N–H and O–H groups in total. The Morgan fingerprint density at radius 2 is 0.812 bits per heavy atom. The highest BCUT2D eigenvalue weighted by atomic mass is 16.5. The first-order chi connectivity index (χ1) is 15.7. The minimum atomic E-state index is 0.847. The average molecular weight is 419 g/mol. The molecule has 0 amide bonds. The van der Waals surface area contributed by atoms with E-state index in [2.05, 4.69) is 86.6 Å². The van der Waals surface area contributed by atoms with E-state index < -0.39 is 0 Å². The topological polar surface area (TPSA) is 18.5 Å². The molecule has 158 valence electrons.